The Morgan fingerprint density at radius 2 is 1.75 bits per heavy atom. The summed E-state index contributed by atoms with van der Waals surface area (Å²) in [6.45, 7) is 2.58. The van der Waals surface area contributed by atoms with E-state index in [0.717, 1.165) is 36.0 Å². The Morgan fingerprint density at radius 1 is 1.02 bits per heavy atom. The SMILES string of the molecule is CC1=C(c2nc3c(ccc[n+]3CCCS(=O)(=O)[O-])o2)CCC/C1=c1\nc2c(o1)=CC=CN2CCCS(=O)(=O)[O-].[Li+]. The largest absolute Gasteiger partial charge is 1.00 e. The van der Waals surface area contributed by atoms with E-state index in [1.165, 1.54) is 0 Å². The van der Waals surface area contributed by atoms with Gasteiger partial charge in [0.1, 0.15) is 0 Å². The zero-order chi connectivity index (χ0) is 27.8. The molecule has 1 aliphatic heterocycles. The zero-order valence-corrected chi connectivity index (χ0v) is 23.8. The number of hydrogen-bond donors (Lipinski definition) is 0. The quantitative estimate of drug-likeness (QED) is 0.154. The van der Waals surface area contributed by atoms with E-state index in [2.05, 4.69) is 0 Å². The molecule has 12 nitrogen and oxygen atoms in total. The monoisotopic (exact) mass is 582 g/mol. The maximum Gasteiger partial charge on any atom is 1.00 e. The molecule has 15 heteroatoms. The van der Waals surface area contributed by atoms with E-state index in [1.807, 2.05) is 6.92 Å². The van der Waals surface area contributed by atoms with Crippen LogP contribution in [0.2, 0.25) is 0 Å². The molecule has 0 N–H and O–H groups in total. The summed E-state index contributed by atoms with van der Waals surface area (Å²) in [6.07, 6.45) is 9.74. The first-order chi connectivity index (χ1) is 18.5. The van der Waals surface area contributed by atoms with Gasteiger partial charge in [-0.15, -0.1) is 0 Å². The minimum absolute atomic E-state index is 0. The smallest absolute Gasteiger partial charge is 0.748 e. The van der Waals surface area contributed by atoms with Crippen LogP contribution in [0.4, 0.5) is 5.82 Å². The number of allylic oxidation sites excluding steroid dienone is 3. The minimum Gasteiger partial charge on any atom is -0.748 e. The molecule has 4 heterocycles. The number of rotatable bonds is 9. The topological polar surface area (TPSA) is 174 Å². The molecule has 40 heavy (non-hydrogen) atoms. The standard InChI is InChI=1S/C25H28N4O8S2.Li/c1-17-18(24-26-22-20(36-24)9-3-11-28(22)13-5-15-38(30,31)32)7-2-8-19(17)25-27-23-21(37-25)10-4-12-29(23)14-6-16-39(33,34)35;/h3-4,9-12H,2,5-8,13-16H2,1H3,(H-,30,31,32,33,34,35);/q;+1/p-1. The number of anilines is 1. The van der Waals surface area contributed by atoms with Crippen molar-refractivity contribution >= 4 is 54.5 Å². The molecule has 0 saturated carbocycles. The van der Waals surface area contributed by atoms with E-state index >= 15 is 0 Å². The van der Waals surface area contributed by atoms with Crippen LogP contribution in [0.1, 0.15) is 44.9 Å². The fraction of sp³-hybridized carbons (Fsp3) is 0.400. The summed E-state index contributed by atoms with van der Waals surface area (Å²) in [7, 11) is -8.59. The fourth-order valence-electron chi connectivity index (χ4n) is 4.86. The molecule has 2 aliphatic rings. The third-order valence-electron chi connectivity index (χ3n) is 6.70. The van der Waals surface area contributed by atoms with Crippen LogP contribution in [0.3, 0.4) is 0 Å². The summed E-state index contributed by atoms with van der Waals surface area (Å²) < 4.78 is 79.8. The molecule has 0 radical (unpaired) electrons. The molecule has 0 atom stereocenters. The molecule has 5 rings (SSSR count). The second-order valence-corrected chi connectivity index (χ2v) is 12.5. The van der Waals surface area contributed by atoms with Crippen LogP contribution in [0.5, 0.6) is 0 Å². The van der Waals surface area contributed by atoms with Gasteiger partial charge in [0.25, 0.3) is 0 Å². The van der Waals surface area contributed by atoms with Crippen LogP contribution in [0.25, 0.3) is 28.5 Å². The van der Waals surface area contributed by atoms with E-state index in [1.54, 1.807) is 46.1 Å². The Hall–Kier alpha value is -2.73. The predicted octanol–water partition coefficient (Wildman–Crippen LogP) is -2.10. The van der Waals surface area contributed by atoms with Crippen LogP contribution >= 0.6 is 0 Å². The molecule has 208 valence electrons. The first-order valence-corrected chi connectivity index (χ1v) is 15.7. The normalized spacial score (nSPS) is 17.1. The zero-order valence-electron chi connectivity index (χ0n) is 22.2. The summed E-state index contributed by atoms with van der Waals surface area (Å²) >= 11 is 0. The van der Waals surface area contributed by atoms with Gasteiger partial charge in [-0.3, -0.25) is 0 Å². The fourth-order valence-corrected chi connectivity index (χ4v) is 5.83. The molecule has 1 aliphatic carbocycles. The van der Waals surface area contributed by atoms with Crippen molar-refractivity contribution in [2.75, 3.05) is 23.0 Å². The average molecular weight is 583 g/mol. The van der Waals surface area contributed by atoms with Crippen molar-refractivity contribution in [3.05, 3.63) is 53.0 Å². The van der Waals surface area contributed by atoms with Crippen LogP contribution in [-0.2, 0) is 26.8 Å². The van der Waals surface area contributed by atoms with Gasteiger partial charge in [-0.25, -0.2) is 21.4 Å². The summed E-state index contributed by atoms with van der Waals surface area (Å²) in [5.74, 6) is 0.116. The number of hydrogen-bond acceptors (Lipinski definition) is 11. The van der Waals surface area contributed by atoms with Gasteiger partial charge in [0.05, 0.1) is 33.0 Å². The Bertz CT molecular complexity index is 1820. The van der Waals surface area contributed by atoms with Gasteiger partial charge in [-0.1, -0.05) is 0 Å². The van der Waals surface area contributed by atoms with Crippen molar-refractivity contribution in [2.24, 2.45) is 0 Å². The first kappa shape index (κ1) is 30.2. The third kappa shape index (κ3) is 6.94. The number of aromatic nitrogens is 3. The number of nitrogens with zero attached hydrogens (tertiary/aromatic N) is 4. The van der Waals surface area contributed by atoms with Gasteiger partial charge in [0, 0.05) is 40.4 Å². The van der Waals surface area contributed by atoms with Gasteiger partial charge in [0.15, 0.2) is 11.2 Å². The Morgan fingerprint density at radius 3 is 2.50 bits per heavy atom. The van der Waals surface area contributed by atoms with Crippen LogP contribution in [0, 0.1) is 0 Å². The predicted molar refractivity (Wildman–Crippen MR) is 139 cm³/mol. The van der Waals surface area contributed by atoms with Crippen LogP contribution in [-0.4, -0.2) is 54.0 Å². The van der Waals surface area contributed by atoms with E-state index in [0.29, 0.717) is 47.0 Å². The third-order valence-corrected chi connectivity index (χ3v) is 8.28. The summed E-state index contributed by atoms with van der Waals surface area (Å²) in [5, 5.41) is 0. The van der Waals surface area contributed by atoms with Gasteiger partial charge >= 0.3 is 30.4 Å². The van der Waals surface area contributed by atoms with Crippen molar-refractivity contribution in [2.45, 2.75) is 45.6 Å². The molecule has 0 bridgehead atoms. The van der Waals surface area contributed by atoms with Gasteiger partial charge < -0.3 is 22.8 Å². The number of aryl methyl sites for hydroxylation is 1. The Balaban J connectivity index is 0.00000370. The van der Waals surface area contributed by atoms with Gasteiger partial charge in [-0.2, -0.15) is 4.98 Å². The van der Waals surface area contributed by atoms with Gasteiger partial charge in [-0.05, 0) is 68.9 Å². The summed E-state index contributed by atoms with van der Waals surface area (Å²) in [6, 6.07) is 3.57. The van der Waals surface area contributed by atoms with Crippen molar-refractivity contribution in [3.63, 3.8) is 0 Å². The molecule has 3 aromatic heterocycles. The van der Waals surface area contributed by atoms with E-state index in [9.17, 15) is 25.9 Å². The molecule has 3 aromatic rings. The number of pyridine rings is 1. The molecular weight excluding hydrogens is 555 g/mol. The Kier molecular flexibility index (Phi) is 9.08. The molecule has 0 spiro atoms. The second-order valence-electron chi connectivity index (χ2n) is 9.48. The first-order valence-electron chi connectivity index (χ1n) is 12.5. The maximum atomic E-state index is 11.0. The van der Waals surface area contributed by atoms with Crippen molar-refractivity contribution in [1.29, 1.82) is 0 Å². The van der Waals surface area contributed by atoms with E-state index < -0.39 is 31.7 Å². The maximum absolute atomic E-state index is 11.0. The Labute approximate surface area is 243 Å². The van der Waals surface area contributed by atoms with Crippen LogP contribution in [0.15, 0.2) is 45.0 Å². The molecular formula is C25H27LiN4O8S2. The summed E-state index contributed by atoms with van der Waals surface area (Å²) in [4.78, 5) is 11.2. The van der Waals surface area contributed by atoms with Crippen molar-refractivity contribution in [3.8, 4) is 0 Å². The number of fused-ring (bicyclic) bond motifs is 2. The minimum atomic E-state index is -4.29. The average Bonchev–Trinajstić information content (AvgIpc) is 3.48. The molecule has 0 saturated heterocycles. The second kappa shape index (κ2) is 12.0. The van der Waals surface area contributed by atoms with Crippen molar-refractivity contribution < 1.29 is 58.2 Å². The molecule has 0 amide bonds. The molecule has 0 aromatic carbocycles. The molecule has 0 unspecified atom stereocenters. The van der Waals surface area contributed by atoms with E-state index in [-0.39, 0.29) is 31.7 Å². The van der Waals surface area contributed by atoms with Crippen LogP contribution < -0.4 is 39.3 Å². The van der Waals surface area contributed by atoms with Crippen molar-refractivity contribution in [1.82, 2.24) is 9.97 Å². The summed E-state index contributed by atoms with van der Waals surface area (Å²) in [5.41, 5.74) is 4.88. The number of oxazole rings is 2. The van der Waals surface area contributed by atoms with Gasteiger partial charge in [0.2, 0.25) is 11.1 Å². The van der Waals surface area contributed by atoms with E-state index in [4.69, 9.17) is 18.8 Å². The molecule has 0 fully saturated rings.